The number of benzene rings is 4. The number of rotatable bonds is 9. The Bertz CT molecular complexity index is 1300. The third kappa shape index (κ3) is 6.70. The smallest absolute Gasteiger partial charge is 0.0887 e. The van der Waals surface area contributed by atoms with Crippen molar-refractivity contribution in [2.24, 2.45) is 15.3 Å². The van der Waals surface area contributed by atoms with Crippen molar-refractivity contribution < 1.29 is 0 Å². The molecule has 0 aromatic heterocycles. The molecule has 0 N–H and O–H groups in total. The molecule has 0 fully saturated rings. The third-order valence-corrected chi connectivity index (χ3v) is 6.35. The molecule has 4 rings (SSSR count). The average Bonchev–Trinajstić information content (AvgIpc) is 2.91. The van der Waals surface area contributed by atoms with Gasteiger partial charge in [-0.3, -0.25) is 0 Å². The average molecular weight is 490 g/mol. The zero-order valence-electron chi connectivity index (χ0n) is 22.4. The first-order valence-corrected chi connectivity index (χ1v) is 12.8. The Hall–Kier alpha value is -4.25. The maximum atomic E-state index is 4.82. The van der Waals surface area contributed by atoms with Gasteiger partial charge in [0.1, 0.15) is 0 Å². The first-order valence-electron chi connectivity index (χ1n) is 12.8. The summed E-state index contributed by atoms with van der Waals surface area (Å²) >= 11 is 0. The number of hydrogen-bond acceptors (Lipinski definition) is 5. The number of hydrazone groups is 1. The number of anilines is 3. The maximum absolute atomic E-state index is 4.82. The Labute approximate surface area is 220 Å². The summed E-state index contributed by atoms with van der Waals surface area (Å²) in [5, 5.41) is 15.7. The van der Waals surface area contributed by atoms with Crippen LogP contribution in [0.25, 0.3) is 0 Å². The van der Waals surface area contributed by atoms with E-state index in [1.54, 1.807) is 0 Å². The number of aryl methyl sites for hydroxylation is 3. The van der Waals surface area contributed by atoms with Crippen LogP contribution in [0, 0.1) is 20.8 Å². The fraction of sp³-hybridized carbons (Fsp3) is 0.219. The third-order valence-electron chi connectivity index (χ3n) is 6.35. The summed E-state index contributed by atoms with van der Waals surface area (Å²) in [7, 11) is 0. The molecule has 0 spiro atoms. The summed E-state index contributed by atoms with van der Waals surface area (Å²) in [5.74, 6) is 0. The van der Waals surface area contributed by atoms with Crippen LogP contribution in [0.4, 0.5) is 28.4 Å². The Morgan fingerprint density at radius 3 is 1.68 bits per heavy atom. The minimum absolute atomic E-state index is 0.804. The van der Waals surface area contributed by atoms with E-state index in [9.17, 15) is 0 Å². The van der Waals surface area contributed by atoms with Crippen LogP contribution in [0.5, 0.6) is 0 Å². The van der Waals surface area contributed by atoms with E-state index in [-0.39, 0.29) is 0 Å². The summed E-state index contributed by atoms with van der Waals surface area (Å²) in [6.45, 7) is 12.6. The van der Waals surface area contributed by atoms with Crippen LogP contribution in [0.15, 0.2) is 106 Å². The lowest BCUT2D eigenvalue weighted by Crippen LogP contribution is -2.21. The number of azo groups is 1. The lowest BCUT2D eigenvalue weighted by atomic mass is 10.1. The van der Waals surface area contributed by atoms with Gasteiger partial charge >= 0.3 is 0 Å². The van der Waals surface area contributed by atoms with Crippen molar-refractivity contribution in [1.82, 2.24) is 0 Å². The molecule has 5 heteroatoms. The highest BCUT2D eigenvalue weighted by molar-refractivity contribution is 5.82. The molecule has 0 saturated heterocycles. The highest BCUT2D eigenvalue weighted by Crippen LogP contribution is 2.28. The Kier molecular flexibility index (Phi) is 8.47. The van der Waals surface area contributed by atoms with Crippen molar-refractivity contribution in [2.45, 2.75) is 34.6 Å². The van der Waals surface area contributed by atoms with Gasteiger partial charge in [0.25, 0.3) is 0 Å². The quantitative estimate of drug-likeness (QED) is 0.134. The minimum atomic E-state index is 0.804. The molecule has 0 aliphatic heterocycles. The molecule has 188 valence electrons. The first kappa shape index (κ1) is 25.8. The van der Waals surface area contributed by atoms with Gasteiger partial charge in [-0.2, -0.15) is 15.3 Å². The van der Waals surface area contributed by atoms with Crippen molar-refractivity contribution in [3.63, 3.8) is 0 Å². The summed E-state index contributed by atoms with van der Waals surface area (Å²) in [6.07, 6.45) is 1.87. The molecule has 4 aromatic rings. The van der Waals surface area contributed by atoms with Gasteiger partial charge in [-0.25, -0.2) is 5.01 Å². The highest BCUT2D eigenvalue weighted by Gasteiger charge is 2.08. The first-order chi connectivity index (χ1) is 18.0. The van der Waals surface area contributed by atoms with Crippen LogP contribution in [-0.2, 0) is 0 Å². The zero-order chi connectivity index (χ0) is 26.2. The lowest BCUT2D eigenvalue weighted by Gasteiger charge is -2.21. The van der Waals surface area contributed by atoms with Crippen LogP contribution in [0.1, 0.15) is 36.1 Å². The van der Waals surface area contributed by atoms with E-state index in [1.807, 2.05) is 41.6 Å². The SMILES string of the molecule is CCN(CC)c1ccc(N=Nc2ccc(/C=N/N(c3ccc(C)cc3)c3ccc(C)cc3)cc2)c(C)c1. The van der Waals surface area contributed by atoms with Gasteiger partial charge in [0, 0.05) is 18.8 Å². The van der Waals surface area contributed by atoms with Crippen molar-refractivity contribution in [3.05, 3.63) is 113 Å². The normalized spacial score (nSPS) is 11.4. The zero-order valence-corrected chi connectivity index (χ0v) is 22.4. The summed E-state index contributed by atoms with van der Waals surface area (Å²) in [6, 6.07) is 31.0. The molecular weight excluding hydrogens is 454 g/mol. The Balaban J connectivity index is 1.50. The van der Waals surface area contributed by atoms with E-state index in [4.69, 9.17) is 5.10 Å². The fourth-order valence-electron chi connectivity index (χ4n) is 4.05. The van der Waals surface area contributed by atoms with Gasteiger partial charge in [-0.05, 0) is 100 Å². The van der Waals surface area contributed by atoms with Crippen molar-refractivity contribution in [2.75, 3.05) is 23.0 Å². The summed E-state index contributed by atoms with van der Waals surface area (Å²) < 4.78 is 0. The molecule has 0 aliphatic rings. The van der Waals surface area contributed by atoms with E-state index in [0.717, 1.165) is 47.0 Å². The van der Waals surface area contributed by atoms with Gasteiger partial charge in [-0.15, -0.1) is 0 Å². The van der Waals surface area contributed by atoms with Gasteiger partial charge in [-0.1, -0.05) is 47.5 Å². The molecule has 0 unspecified atom stereocenters. The topological polar surface area (TPSA) is 43.6 Å². The highest BCUT2D eigenvalue weighted by atomic mass is 15.5. The largest absolute Gasteiger partial charge is 0.372 e. The molecule has 0 bridgehead atoms. The molecule has 0 amide bonds. The monoisotopic (exact) mass is 489 g/mol. The van der Waals surface area contributed by atoms with Gasteiger partial charge in [0.15, 0.2) is 0 Å². The van der Waals surface area contributed by atoms with E-state index in [0.29, 0.717) is 0 Å². The van der Waals surface area contributed by atoms with Crippen molar-refractivity contribution in [1.29, 1.82) is 0 Å². The molecule has 0 saturated carbocycles. The van der Waals surface area contributed by atoms with Crippen LogP contribution < -0.4 is 9.91 Å². The molecule has 0 aliphatic carbocycles. The van der Waals surface area contributed by atoms with Crippen molar-refractivity contribution >= 4 is 34.7 Å². The van der Waals surface area contributed by atoms with Crippen LogP contribution in [0.2, 0.25) is 0 Å². The molecule has 37 heavy (non-hydrogen) atoms. The summed E-state index contributed by atoms with van der Waals surface area (Å²) in [4.78, 5) is 2.33. The Morgan fingerprint density at radius 1 is 0.622 bits per heavy atom. The standard InChI is InChI=1S/C32H35N5/c1-6-36(7-2)31-20-21-32(26(5)22-31)35-34-28-14-12-27(13-15-28)23-33-37(29-16-8-24(3)9-17-29)30-18-10-25(4)11-19-30/h8-23H,6-7H2,1-5H3/b33-23+,35-34?. The van der Waals surface area contributed by atoms with Gasteiger partial charge < -0.3 is 4.90 Å². The second-order valence-electron chi connectivity index (χ2n) is 9.16. The van der Waals surface area contributed by atoms with Crippen LogP contribution >= 0.6 is 0 Å². The van der Waals surface area contributed by atoms with E-state index in [1.165, 1.54) is 16.8 Å². The fourth-order valence-corrected chi connectivity index (χ4v) is 4.05. The minimum Gasteiger partial charge on any atom is -0.372 e. The maximum Gasteiger partial charge on any atom is 0.0887 e. The van der Waals surface area contributed by atoms with E-state index in [2.05, 4.69) is 110 Å². The molecule has 0 radical (unpaired) electrons. The lowest BCUT2D eigenvalue weighted by molar-refractivity contribution is 0.865. The molecule has 0 heterocycles. The predicted molar refractivity (Wildman–Crippen MR) is 157 cm³/mol. The van der Waals surface area contributed by atoms with Gasteiger partial charge in [0.05, 0.1) is 29.0 Å². The number of nitrogens with zero attached hydrogens (tertiary/aromatic N) is 5. The molecule has 5 nitrogen and oxygen atoms in total. The van der Waals surface area contributed by atoms with E-state index >= 15 is 0 Å². The van der Waals surface area contributed by atoms with Crippen LogP contribution in [-0.4, -0.2) is 19.3 Å². The van der Waals surface area contributed by atoms with Crippen LogP contribution in [0.3, 0.4) is 0 Å². The van der Waals surface area contributed by atoms with Crippen molar-refractivity contribution in [3.8, 4) is 0 Å². The molecule has 0 atom stereocenters. The predicted octanol–water partition coefficient (Wildman–Crippen LogP) is 9.05. The number of hydrogen-bond donors (Lipinski definition) is 0. The molecular formula is C32H35N5. The summed E-state index contributed by atoms with van der Waals surface area (Å²) in [5.41, 5.74) is 9.47. The van der Waals surface area contributed by atoms with E-state index < -0.39 is 0 Å². The molecule has 4 aromatic carbocycles. The Morgan fingerprint density at radius 2 is 1.16 bits per heavy atom. The second kappa shape index (κ2) is 12.1. The van der Waals surface area contributed by atoms with Gasteiger partial charge in [0.2, 0.25) is 0 Å². The second-order valence-corrected chi connectivity index (χ2v) is 9.16.